The van der Waals surface area contributed by atoms with Crippen LogP contribution in [0.2, 0.25) is 5.02 Å². The standard InChI is InChI=1S/C21H20ClN3O6/c1-3-4-13-5-6-19(20(7-13)30-2)31-11-14(26)10-24-12-23-17-9-16(22)18(25(28)29)8-15(17)21(24)27/h3,5-9,12,14,26H,1,4,10-11H2,2H3/t14-/m1/s1. The number of fused-ring (bicyclic) bond motifs is 1. The SMILES string of the molecule is C=CCc1ccc(OC[C@H](O)Cn2cnc3cc(Cl)c([N+](=O)[O-])cc3c2=O)c(OC)c1. The minimum atomic E-state index is -1.04. The second kappa shape index (κ2) is 9.59. The van der Waals surface area contributed by atoms with Crippen LogP contribution in [0.5, 0.6) is 11.5 Å². The lowest BCUT2D eigenvalue weighted by Gasteiger charge is -2.16. The van der Waals surface area contributed by atoms with Crippen molar-refractivity contribution in [2.45, 2.75) is 19.1 Å². The van der Waals surface area contributed by atoms with E-state index in [-0.39, 0.29) is 34.8 Å². The Morgan fingerprint density at radius 3 is 2.81 bits per heavy atom. The second-order valence-corrected chi connectivity index (χ2v) is 7.13. The molecule has 0 bridgehead atoms. The molecule has 1 atom stereocenters. The number of hydrogen-bond acceptors (Lipinski definition) is 7. The molecule has 0 aliphatic carbocycles. The van der Waals surface area contributed by atoms with Crippen molar-refractivity contribution in [1.82, 2.24) is 9.55 Å². The van der Waals surface area contributed by atoms with Gasteiger partial charge in [-0.05, 0) is 30.2 Å². The molecular formula is C21H20ClN3O6. The number of aliphatic hydroxyl groups excluding tert-OH is 1. The van der Waals surface area contributed by atoms with Gasteiger partial charge in [0.25, 0.3) is 11.2 Å². The average molecular weight is 446 g/mol. The molecule has 31 heavy (non-hydrogen) atoms. The van der Waals surface area contributed by atoms with E-state index >= 15 is 0 Å². The lowest BCUT2D eigenvalue weighted by Crippen LogP contribution is -2.30. The van der Waals surface area contributed by atoms with E-state index in [2.05, 4.69) is 11.6 Å². The maximum atomic E-state index is 12.7. The van der Waals surface area contributed by atoms with Gasteiger partial charge in [0, 0.05) is 6.07 Å². The Morgan fingerprint density at radius 2 is 2.13 bits per heavy atom. The third kappa shape index (κ3) is 5.01. The summed E-state index contributed by atoms with van der Waals surface area (Å²) in [4.78, 5) is 27.2. The lowest BCUT2D eigenvalue weighted by atomic mass is 10.1. The lowest BCUT2D eigenvalue weighted by molar-refractivity contribution is -0.384. The van der Waals surface area contributed by atoms with Crippen LogP contribution in [0.15, 0.2) is 54.1 Å². The number of aliphatic hydroxyl groups is 1. The van der Waals surface area contributed by atoms with E-state index in [4.69, 9.17) is 21.1 Å². The van der Waals surface area contributed by atoms with Gasteiger partial charge < -0.3 is 14.6 Å². The van der Waals surface area contributed by atoms with E-state index in [0.29, 0.717) is 17.9 Å². The third-order valence-corrected chi connectivity index (χ3v) is 4.84. The summed E-state index contributed by atoms with van der Waals surface area (Å²) in [6.07, 6.45) is 2.66. The van der Waals surface area contributed by atoms with Crippen molar-refractivity contribution in [3.63, 3.8) is 0 Å². The molecule has 10 heteroatoms. The fraction of sp³-hybridized carbons (Fsp3) is 0.238. The van der Waals surface area contributed by atoms with Gasteiger partial charge in [-0.15, -0.1) is 6.58 Å². The minimum Gasteiger partial charge on any atom is -0.493 e. The number of nitrogens with zero attached hydrogens (tertiary/aromatic N) is 3. The zero-order valence-corrected chi connectivity index (χ0v) is 17.4. The molecule has 162 valence electrons. The summed E-state index contributed by atoms with van der Waals surface area (Å²) in [6.45, 7) is 3.47. The van der Waals surface area contributed by atoms with Crippen molar-refractivity contribution in [1.29, 1.82) is 0 Å². The first kappa shape index (κ1) is 22.3. The quantitative estimate of drug-likeness (QED) is 0.305. The van der Waals surface area contributed by atoms with Gasteiger partial charge in [-0.1, -0.05) is 23.7 Å². The molecule has 2 aromatic carbocycles. The highest BCUT2D eigenvalue weighted by atomic mass is 35.5. The van der Waals surface area contributed by atoms with E-state index in [1.54, 1.807) is 12.1 Å². The van der Waals surface area contributed by atoms with Crippen molar-refractivity contribution in [3.8, 4) is 11.5 Å². The second-order valence-electron chi connectivity index (χ2n) is 6.72. The highest BCUT2D eigenvalue weighted by molar-refractivity contribution is 6.33. The molecule has 0 aliphatic heterocycles. The summed E-state index contributed by atoms with van der Waals surface area (Å²) in [7, 11) is 1.52. The maximum absolute atomic E-state index is 12.7. The number of nitro groups is 1. The molecule has 0 amide bonds. The van der Waals surface area contributed by atoms with Crippen molar-refractivity contribution in [3.05, 3.63) is 80.4 Å². The van der Waals surface area contributed by atoms with Crippen LogP contribution in [0.4, 0.5) is 5.69 Å². The van der Waals surface area contributed by atoms with Gasteiger partial charge in [-0.25, -0.2) is 4.98 Å². The number of hydrogen-bond donors (Lipinski definition) is 1. The first-order chi connectivity index (χ1) is 14.8. The number of benzene rings is 2. The fourth-order valence-electron chi connectivity index (χ4n) is 3.03. The molecule has 3 rings (SSSR count). The summed E-state index contributed by atoms with van der Waals surface area (Å²) < 4.78 is 12.1. The maximum Gasteiger partial charge on any atom is 0.288 e. The van der Waals surface area contributed by atoms with Crippen LogP contribution in [0.3, 0.4) is 0 Å². The minimum absolute atomic E-state index is 0.0335. The third-order valence-electron chi connectivity index (χ3n) is 4.54. The fourth-order valence-corrected chi connectivity index (χ4v) is 3.26. The topological polar surface area (TPSA) is 117 Å². The van der Waals surface area contributed by atoms with Crippen LogP contribution in [-0.2, 0) is 13.0 Å². The van der Waals surface area contributed by atoms with Gasteiger partial charge in [0.05, 0.1) is 35.8 Å². The van der Waals surface area contributed by atoms with Gasteiger partial charge in [-0.2, -0.15) is 0 Å². The Kier molecular flexibility index (Phi) is 6.88. The Balaban J connectivity index is 1.76. The number of nitro benzene ring substituents is 1. The summed E-state index contributed by atoms with van der Waals surface area (Å²) in [5.74, 6) is 0.962. The van der Waals surface area contributed by atoms with E-state index in [9.17, 15) is 20.0 Å². The predicted octanol–water partition coefficient (Wildman–Crippen LogP) is 3.14. The molecule has 9 nitrogen and oxygen atoms in total. The van der Waals surface area contributed by atoms with E-state index in [0.717, 1.165) is 11.6 Å². The first-order valence-electron chi connectivity index (χ1n) is 9.25. The molecule has 0 radical (unpaired) electrons. The van der Waals surface area contributed by atoms with Crippen LogP contribution < -0.4 is 15.0 Å². The summed E-state index contributed by atoms with van der Waals surface area (Å²) >= 11 is 5.86. The smallest absolute Gasteiger partial charge is 0.288 e. The van der Waals surface area contributed by atoms with Crippen molar-refractivity contribution < 1.29 is 19.5 Å². The molecule has 3 aromatic rings. The molecule has 0 saturated heterocycles. The normalized spacial score (nSPS) is 11.8. The van der Waals surface area contributed by atoms with Crippen LogP contribution in [-0.4, -0.2) is 39.4 Å². The monoisotopic (exact) mass is 445 g/mol. The van der Waals surface area contributed by atoms with E-state index in [1.165, 1.54) is 24.1 Å². The van der Waals surface area contributed by atoms with E-state index < -0.39 is 16.6 Å². The summed E-state index contributed by atoms with van der Waals surface area (Å²) in [6, 6.07) is 7.77. The molecule has 0 fully saturated rings. The zero-order chi connectivity index (χ0) is 22.5. The van der Waals surface area contributed by atoms with Crippen LogP contribution in [0.25, 0.3) is 10.9 Å². The first-order valence-corrected chi connectivity index (χ1v) is 9.63. The number of aromatic nitrogens is 2. The highest BCUT2D eigenvalue weighted by Gasteiger charge is 2.18. The number of ether oxygens (including phenoxy) is 2. The van der Waals surface area contributed by atoms with Gasteiger partial charge in [-0.3, -0.25) is 19.5 Å². The molecule has 0 spiro atoms. The molecular weight excluding hydrogens is 426 g/mol. The van der Waals surface area contributed by atoms with Crippen LogP contribution >= 0.6 is 11.6 Å². The highest BCUT2D eigenvalue weighted by Crippen LogP contribution is 2.29. The Morgan fingerprint density at radius 1 is 1.35 bits per heavy atom. The molecule has 0 aliphatic rings. The van der Waals surface area contributed by atoms with Crippen molar-refractivity contribution in [2.24, 2.45) is 0 Å². The van der Waals surface area contributed by atoms with Gasteiger partial charge in [0.2, 0.25) is 0 Å². The summed E-state index contributed by atoms with van der Waals surface area (Å²) in [5, 5.41) is 21.4. The van der Waals surface area contributed by atoms with Gasteiger partial charge in [0.1, 0.15) is 17.7 Å². The van der Waals surface area contributed by atoms with Gasteiger partial charge >= 0.3 is 0 Å². The van der Waals surface area contributed by atoms with Gasteiger partial charge in [0.15, 0.2) is 11.5 Å². The number of halogens is 1. The molecule has 1 N–H and O–H groups in total. The molecule has 1 aromatic heterocycles. The number of methoxy groups -OCH3 is 1. The Bertz CT molecular complexity index is 1190. The number of rotatable bonds is 9. The van der Waals surface area contributed by atoms with Crippen LogP contribution in [0.1, 0.15) is 5.56 Å². The number of allylic oxidation sites excluding steroid dienone is 1. The van der Waals surface area contributed by atoms with Crippen molar-refractivity contribution in [2.75, 3.05) is 13.7 Å². The molecule has 0 unspecified atom stereocenters. The Labute approximate surface area is 182 Å². The zero-order valence-electron chi connectivity index (χ0n) is 16.7. The largest absolute Gasteiger partial charge is 0.493 e. The Hall–Kier alpha value is -3.43. The summed E-state index contributed by atoms with van der Waals surface area (Å²) in [5.41, 5.74) is 0.312. The van der Waals surface area contributed by atoms with E-state index in [1.807, 2.05) is 12.1 Å². The van der Waals surface area contributed by atoms with Crippen LogP contribution in [0, 0.1) is 10.1 Å². The average Bonchev–Trinajstić information content (AvgIpc) is 2.74. The van der Waals surface area contributed by atoms with Crippen molar-refractivity contribution >= 4 is 28.2 Å². The predicted molar refractivity (Wildman–Crippen MR) is 116 cm³/mol. The molecule has 1 heterocycles. The molecule has 0 saturated carbocycles.